The number of hydrogen-bond acceptors (Lipinski definition) is 2. The first-order chi connectivity index (χ1) is 7.96. The summed E-state index contributed by atoms with van der Waals surface area (Å²) in [5.74, 6) is 0. The third-order valence-corrected chi connectivity index (χ3v) is 5.27. The van der Waals surface area contributed by atoms with E-state index < -0.39 is 10.0 Å². The fourth-order valence-electron chi connectivity index (χ4n) is 2.19. The largest absolute Gasteiger partial charge is 0.243 e. The summed E-state index contributed by atoms with van der Waals surface area (Å²) in [4.78, 5) is 0.363. The van der Waals surface area contributed by atoms with Gasteiger partial charge in [-0.15, -0.1) is 6.58 Å². The second kappa shape index (κ2) is 4.27. The van der Waals surface area contributed by atoms with Crippen molar-refractivity contribution >= 4 is 10.0 Å². The van der Waals surface area contributed by atoms with Crippen molar-refractivity contribution in [1.29, 1.82) is 0 Å². The summed E-state index contributed by atoms with van der Waals surface area (Å²) in [7, 11) is -3.37. The van der Waals surface area contributed by atoms with Gasteiger partial charge in [-0.1, -0.05) is 23.8 Å². The molecular formula is C13H17NO2S. The van der Waals surface area contributed by atoms with E-state index in [1.165, 1.54) is 4.31 Å². The molecule has 1 fully saturated rings. The van der Waals surface area contributed by atoms with Crippen LogP contribution in [-0.2, 0) is 10.0 Å². The minimum atomic E-state index is -3.37. The highest BCUT2D eigenvalue weighted by molar-refractivity contribution is 7.89. The molecule has 17 heavy (non-hydrogen) atoms. The van der Waals surface area contributed by atoms with Crippen molar-refractivity contribution in [2.45, 2.75) is 37.2 Å². The molecule has 0 unspecified atom stereocenters. The molecule has 0 radical (unpaired) electrons. The maximum Gasteiger partial charge on any atom is 0.243 e. The predicted molar refractivity (Wildman–Crippen MR) is 68.3 cm³/mol. The van der Waals surface area contributed by atoms with Crippen molar-refractivity contribution in [2.75, 3.05) is 0 Å². The molecule has 4 heteroatoms. The molecule has 1 aromatic carbocycles. The molecule has 0 aliphatic carbocycles. The zero-order valence-corrected chi connectivity index (χ0v) is 10.9. The molecule has 0 saturated carbocycles. The number of aryl methyl sites for hydroxylation is 1. The van der Waals surface area contributed by atoms with Crippen molar-refractivity contribution in [2.24, 2.45) is 0 Å². The van der Waals surface area contributed by atoms with Gasteiger partial charge in [-0.2, -0.15) is 4.31 Å². The van der Waals surface area contributed by atoms with Crippen molar-refractivity contribution in [3.63, 3.8) is 0 Å². The smallest absolute Gasteiger partial charge is 0.207 e. The lowest BCUT2D eigenvalue weighted by Crippen LogP contribution is -2.55. The molecule has 0 N–H and O–H groups in total. The van der Waals surface area contributed by atoms with Crippen LogP contribution in [0, 0.1) is 6.92 Å². The molecule has 2 atom stereocenters. The Labute approximate surface area is 103 Å². The zero-order chi connectivity index (χ0) is 12.6. The standard InChI is InChI=1S/C13H17NO2S/c1-4-12-9-11(3)14(12)17(15,16)13-7-5-10(2)6-8-13/h4-8,11-12H,1,9H2,2-3H3/t11-,12-/m1/s1. The van der Waals surface area contributed by atoms with E-state index in [0.29, 0.717) is 4.90 Å². The van der Waals surface area contributed by atoms with Crippen LogP contribution in [0.3, 0.4) is 0 Å². The number of benzene rings is 1. The fourth-order valence-corrected chi connectivity index (χ4v) is 4.01. The highest BCUT2D eigenvalue weighted by Crippen LogP contribution is 2.33. The van der Waals surface area contributed by atoms with Crippen molar-refractivity contribution in [3.05, 3.63) is 42.5 Å². The van der Waals surface area contributed by atoms with Gasteiger partial charge in [0.05, 0.1) is 4.90 Å². The SMILES string of the molecule is C=C[C@@H]1C[C@@H](C)N1S(=O)(=O)c1ccc(C)cc1. The van der Waals surface area contributed by atoms with Gasteiger partial charge in [0.25, 0.3) is 0 Å². The third-order valence-electron chi connectivity index (χ3n) is 3.21. The molecule has 0 amide bonds. The van der Waals surface area contributed by atoms with E-state index >= 15 is 0 Å². The maximum absolute atomic E-state index is 12.4. The molecule has 1 aliphatic rings. The van der Waals surface area contributed by atoms with Crippen LogP contribution in [-0.4, -0.2) is 24.8 Å². The third kappa shape index (κ3) is 2.03. The topological polar surface area (TPSA) is 37.4 Å². The number of hydrogen-bond donors (Lipinski definition) is 0. The lowest BCUT2D eigenvalue weighted by atomic mass is 9.99. The zero-order valence-electron chi connectivity index (χ0n) is 10.1. The Morgan fingerprint density at radius 3 is 2.41 bits per heavy atom. The van der Waals surface area contributed by atoms with Crippen LogP contribution in [0.2, 0.25) is 0 Å². The normalized spacial score (nSPS) is 25.3. The molecule has 1 aromatic rings. The number of sulfonamides is 1. The Morgan fingerprint density at radius 2 is 1.94 bits per heavy atom. The van der Waals surface area contributed by atoms with Crippen LogP contribution in [0.25, 0.3) is 0 Å². The van der Waals surface area contributed by atoms with Crippen LogP contribution < -0.4 is 0 Å². The van der Waals surface area contributed by atoms with E-state index in [1.54, 1.807) is 18.2 Å². The maximum atomic E-state index is 12.4. The van der Waals surface area contributed by atoms with E-state index in [2.05, 4.69) is 6.58 Å². The lowest BCUT2D eigenvalue weighted by molar-refractivity contribution is 0.161. The van der Waals surface area contributed by atoms with Crippen molar-refractivity contribution in [1.82, 2.24) is 4.31 Å². The molecule has 0 aromatic heterocycles. The van der Waals surface area contributed by atoms with Gasteiger partial charge in [0.1, 0.15) is 0 Å². The van der Waals surface area contributed by atoms with Crippen LogP contribution in [0.4, 0.5) is 0 Å². The summed E-state index contributed by atoms with van der Waals surface area (Å²) >= 11 is 0. The first kappa shape index (κ1) is 12.3. The van der Waals surface area contributed by atoms with E-state index in [1.807, 2.05) is 26.0 Å². The summed E-state index contributed by atoms with van der Waals surface area (Å²) in [6.07, 6.45) is 2.56. The molecular weight excluding hydrogens is 234 g/mol. The van der Waals surface area contributed by atoms with Gasteiger partial charge < -0.3 is 0 Å². The van der Waals surface area contributed by atoms with Crippen LogP contribution in [0.15, 0.2) is 41.8 Å². The molecule has 2 rings (SSSR count). The Kier molecular flexibility index (Phi) is 3.10. The van der Waals surface area contributed by atoms with Crippen LogP contribution in [0.1, 0.15) is 18.9 Å². The van der Waals surface area contributed by atoms with Gasteiger partial charge in [0, 0.05) is 12.1 Å². The average Bonchev–Trinajstić information content (AvgIpc) is 2.25. The molecule has 3 nitrogen and oxygen atoms in total. The van der Waals surface area contributed by atoms with Crippen molar-refractivity contribution in [3.8, 4) is 0 Å². The summed E-state index contributed by atoms with van der Waals surface area (Å²) in [5.41, 5.74) is 1.06. The monoisotopic (exact) mass is 251 g/mol. The average molecular weight is 251 g/mol. The van der Waals surface area contributed by atoms with Gasteiger partial charge in [-0.25, -0.2) is 8.42 Å². The first-order valence-electron chi connectivity index (χ1n) is 5.69. The fraction of sp³-hybridized carbons (Fsp3) is 0.385. The first-order valence-corrected chi connectivity index (χ1v) is 7.13. The van der Waals surface area contributed by atoms with E-state index in [9.17, 15) is 8.42 Å². The highest BCUT2D eigenvalue weighted by Gasteiger charge is 2.42. The summed E-state index contributed by atoms with van der Waals surface area (Å²) in [6.45, 7) is 7.54. The van der Waals surface area contributed by atoms with E-state index in [4.69, 9.17) is 0 Å². The van der Waals surface area contributed by atoms with Gasteiger partial charge in [-0.05, 0) is 32.4 Å². The highest BCUT2D eigenvalue weighted by atomic mass is 32.2. The Balaban J connectivity index is 2.36. The quantitative estimate of drug-likeness (QED) is 0.773. The van der Waals surface area contributed by atoms with E-state index in [-0.39, 0.29) is 12.1 Å². The number of nitrogens with zero attached hydrogens (tertiary/aromatic N) is 1. The summed E-state index contributed by atoms with van der Waals surface area (Å²) in [6, 6.07) is 6.97. The van der Waals surface area contributed by atoms with Gasteiger partial charge in [-0.3, -0.25) is 0 Å². The van der Waals surface area contributed by atoms with Crippen LogP contribution in [0.5, 0.6) is 0 Å². The molecule has 92 valence electrons. The molecule has 0 spiro atoms. The van der Waals surface area contributed by atoms with Gasteiger partial charge in [0.2, 0.25) is 10.0 Å². The second-order valence-electron chi connectivity index (χ2n) is 4.54. The number of rotatable bonds is 3. The van der Waals surface area contributed by atoms with Crippen molar-refractivity contribution < 1.29 is 8.42 Å². The molecule has 1 saturated heterocycles. The minimum absolute atomic E-state index is 0.0590. The molecule has 0 bridgehead atoms. The predicted octanol–water partition coefficient (Wildman–Crippen LogP) is 2.33. The second-order valence-corrected chi connectivity index (χ2v) is 6.38. The Bertz CT molecular complexity index is 519. The molecule has 1 heterocycles. The van der Waals surface area contributed by atoms with Gasteiger partial charge >= 0.3 is 0 Å². The van der Waals surface area contributed by atoms with E-state index in [0.717, 1.165) is 12.0 Å². The lowest BCUT2D eigenvalue weighted by Gasteiger charge is -2.44. The molecule has 1 aliphatic heterocycles. The summed E-state index contributed by atoms with van der Waals surface area (Å²) in [5, 5.41) is 0. The Hall–Kier alpha value is -1.13. The Morgan fingerprint density at radius 1 is 1.35 bits per heavy atom. The van der Waals surface area contributed by atoms with Gasteiger partial charge in [0.15, 0.2) is 0 Å². The van der Waals surface area contributed by atoms with Crippen LogP contribution >= 0.6 is 0 Å². The summed E-state index contributed by atoms with van der Waals surface area (Å²) < 4.78 is 26.3. The minimum Gasteiger partial charge on any atom is -0.207 e.